The third-order valence-corrected chi connectivity index (χ3v) is 12.0. The molecule has 0 aliphatic heterocycles. The fourth-order valence-electron chi connectivity index (χ4n) is 8.57. The van der Waals surface area contributed by atoms with Crippen LogP contribution >= 0.6 is 0 Å². The number of pyridine rings is 1. The zero-order valence-electron chi connectivity index (χ0n) is 37.7. The molecule has 0 amide bonds. The van der Waals surface area contributed by atoms with Gasteiger partial charge in [-0.25, -0.2) is 0 Å². The van der Waals surface area contributed by atoms with Crippen molar-refractivity contribution in [1.82, 2.24) is 4.98 Å². The fourth-order valence-corrected chi connectivity index (χ4v) is 8.57. The van der Waals surface area contributed by atoms with E-state index in [9.17, 15) is 0 Å². The van der Waals surface area contributed by atoms with Crippen molar-refractivity contribution in [3.63, 3.8) is 0 Å². The van der Waals surface area contributed by atoms with Crippen LogP contribution in [0.25, 0.3) is 33.6 Å². The van der Waals surface area contributed by atoms with Crippen molar-refractivity contribution in [2.75, 3.05) is 12.0 Å². The van der Waals surface area contributed by atoms with Crippen LogP contribution in [0.15, 0.2) is 218 Å². The van der Waals surface area contributed by atoms with E-state index in [2.05, 4.69) is 238 Å². The van der Waals surface area contributed by atoms with E-state index in [0.717, 1.165) is 78.5 Å². The molecule has 0 fully saturated rings. The molecule has 65 heavy (non-hydrogen) atoms. The van der Waals surface area contributed by atoms with Gasteiger partial charge in [-0.15, -0.1) is 0 Å². The van der Waals surface area contributed by atoms with E-state index < -0.39 is 0 Å². The Morgan fingerprint density at radius 1 is 0.446 bits per heavy atom. The molecule has 0 unspecified atom stereocenters. The quantitative estimate of drug-likeness (QED) is 0.0905. The second-order valence-electron chi connectivity index (χ2n) is 16.6. The Bertz CT molecular complexity index is 3090. The van der Waals surface area contributed by atoms with Crippen molar-refractivity contribution in [2.45, 2.75) is 27.7 Å². The van der Waals surface area contributed by atoms with Crippen LogP contribution in [0.2, 0.25) is 0 Å². The lowest BCUT2D eigenvalue weighted by molar-refractivity contribution is 0.414. The van der Waals surface area contributed by atoms with E-state index >= 15 is 0 Å². The molecule has 0 N–H and O–H groups in total. The first-order valence-electron chi connectivity index (χ1n) is 22.2. The molecule has 0 radical (unpaired) electrons. The summed E-state index contributed by atoms with van der Waals surface area (Å²) in [6.07, 6.45) is 6.80. The molecular weight excluding hydrogens is 789 g/mol. The lowest BCUT2D eigenvalue weighted by Gasteiger charge is -2.29. The normalized spacial score (nSPS) is 11.2. The van der Waals surface area contributed by atoms with Crippen molar-refractivity contribution in [2.24, 2.45) is 0 Å². The molecule has 0 bridgehead atoms. The highest BCUT2D eigenvalue weighted by molar-refractivity contribution is 6.06. The second kappa shape index (κ2) is 19.2. The maximum atomic E-state index is 5.70. The number of hydrogen-bond acceptors (Lipinski definition) is 3. The van der Waals surface area contributed by atoms with Gasteiger partial charge in [-0.1, -0.05) is 181 Å². The number of benzene rings is 8. The first-order valence-corrected chi connectivity index (χ1v) is 22.2. The van der Waals surface area contributed by atoms with E-state index in [0.29, 0.717) is 0 Å². The van der Waals surface area contributed by atoms with Crippen molar-refractivity contribution >= 4 is 50.6 Å². The molecule has 0 aliphatic carbocycles. The molecule has 316 valence electrons. The first kappa shape index (κ1) is 42.3. The Labute approximate surface area is 384 Å². The van der Waals surface area contributed by atoms with Crippen molar-refractivity contribution in [3.8, 4) is 5.75 Å². The van der Waals surface area contributed by atoms with Gasteiger partial charge < -0.3 is 9.64 Å². The number of hydrogen-bond donors (Lipinski definition) is 0. The number of fused-ring (bicyclic) bond motifs is 1. The highest BCUT2D eigenvalue weighted by atomic mass is 16.5. The molecule has 0 spiro atoms. The maximum Gasteiger partial charge on any atom is 0.119 e. The summed E-state index contributed by atoms with van der Waals surface area (Å²) in [6.45, 7) is 8.48. The molecule has 8 aromatic carbocycles. The smallest absolute Gasteiger partial charge is 0.119 e. The zero-order valence-corrected chi connectivity index (χ0v) is 37.7. The number of ether oxygens (including phenoxy) is 1. The van der Waals surface area contributed by atoms with Crippen LogP contribution in [0.4, 0.5) is 17.1 Å². The summed E-state index contributed by atoms with van der Waals surface area (Å²) in [6, 6.07) is 73.6. The molecule has 9 aromatic rings. The van der Waals surface area contributed by atoms with Gasteiger partial charge >= 0.3 is 0 Å². The Hall–Kier alpha value is -8.01. The summed E-state index contributed by atoms with van der Waals surface area (Å²) in [4.78, 5) is 7.42. The van der Waals surface area contributed by atoms with E-state index in [1.807, 2.05) is 19.1 Å². The van der Waals surface area contributed by atoms with Crippen LogP contribution in [0.3, 0.4) is 0 Å². The van der Waals surface area contributed by atoms with Crippen LogP contribution in [-0.2, 0) is 0 Å². The lowest BCUT2D eigenvalue weighted by Crippen LogP contribution is -2.12. The minimum atomic E-state index is 0.825. The summed E-state index contributed by atoms with van der Waals surface area (Å²) in [5.74, 6) is 0.825. The number of rotatable bonds is 12. The summed E-state index contributed by atoms with van der Waals surface area (Å²) in [7, 11) is 1.72. The monoisotopic (exact) mass is 840 g/mol. The molecule has 0 saturated carbocycles. The first-order chi connectivity index (χ1) is 31.8. The molecule has 0 atom stereocenters. The van der Waals surface area contributed by atoms with E-state index in [-0.39, 0.29) is 0 Å². The van der Waals surface area contributed by atoms with Gasteiger partial charge in [0.2, 0.25) is 0 Å². The largest absolute Gasteiger partial charge is 0.497 e. The molecule has 0 aliphatic rings. The average Bonchev–Trinajstić information content (AvgIpc) is 3.34. The summed E-state index contributed by atoms with van der Waals surface area (Å²) < 4.78 is 5.70. The van der Waals surface area contributed by atoms with E-state index in [1.165, 1.54) is 33.2 Å². The van der Waals surface area contributed by atoms with E-state index in [1.54, 1.807) is 7.11 Å². The van der Waals surface area contributed by atoms with Gasteiger partial charge in [0, 0.05) is 28.0 Å². The Kier molecular flexibility index (Phi) is 12.5. The second-order valence-corrected chi connectivity index (χ2v) is 16.6. The lowest BCUT2D eigenvalue weighted by atomic mass is 9.92. The Morgan fingerprint density at radius 2 is 0.969 bits per heavy atom. The van der Waals surface area contributed by atoms with Crippen molar-refractivity contribution in [3.05, 3.63) is 280 Å². The van der Waals surface area contributed by atoms with Crippen LogP contribution < -0.4 is 9.64 Å². The van der Waals surface area contributed by atoms with Crippen LogP contribution in [0, 0.1) is 27.7 Å². The maximum absolute atomic E-state index is 5.70. The van der Waals surface area contributed by atoms with Gasteiger partial charge in [-0.05, 0) is 138 Å². The summed E-state index contributed by atoms with van der Waals surface area (Å²) in [5.41, 5.74) is 18.9. The predicted molar refractivity (Wildman–Crippen MR) is 275 cm³/mol. The SMILES string of the molecule is COc1ccc(N(c2ccc(/C(=C/C=C(c3ccccc3)c3ccccc3)c3cccc(C)n3)cc2)c2ccc(C=C(c3ccc(C)cc3)c3ccc(C)cc3)c3ccccc23)c(C)c1. The van der Waals surface area contributed by atoms with Crippen LogP contribution in [-0.4, -0.2) is 12.1 Å². The summed E-state index contributed by atoms with van der Waals surface area (Å²) in [5, 5.41) is 2.32. The van der Waals surface area contributed by atoms with E-state index in [4.69, 9.17) is 9.72 Å². The molecule has 3 nitrogen and oxygen atoms in total. The number of aromatic nitrogens is 1. The minimum absolute atomic E-state index is 0.825. The van der Waals surface area contributed by atoms with Gasteiger partial charge in [-0.3, -0.25) is 4.98 Å². The number of aryl methyl sites for hydroxylation is 4. The summed E-state index contributed by atoms with van der Waals surface area (Å²) >= 11 is 0. The third kappa shape index (κ3) is 9.37. The number of allylic oxidation sites excluding steroid dienone is 2. The van der Waals surface area contributed by atoms with Gasteiger partial charge in [0.15, 0.2) is 0 Å². The van der Waals surface area contributed by atoms with Crippen LogP contribution in [0.1, 0.15) is 61.5 Å². The Balaban J connectivity index is 1.19. The predicted octanol–water partition coefficient (Wildman–Crippen LogP) is 16.1. The average molecular weight is 841 g/mol. The van der Waals surface area contributed by atoms with Gasteiger partial charge in [0.05, 0.1) is 18.5 Å². The molecule has 1 aromatic heterocycles. The Morgan fingerprint density at radius 3 is 1.55 bits per heavy atom. The zero-order chi connectivity index (χ0) is 44.7. The van der Waals surface area contributed by atoms with Crippen molar-refractivity contribution < 1.29 is 4.74 Å². The number of anilines is 3. The topological polar surface area (TPSA) is 25.4 Å². The van der Waals surface area contributed by atoms with Gasteiger partial charge in [0.1, 0.15) is 5.75 Å². The number of nitrogens with zero attached hydrogens (tertiary/aromatic N) is 2. The van der Waals surface area contributed by atoms with Crippen molar-refractivity contribution in [1.29, 1.82) is 0 Å². The molecular formula is C62H52N2O. The third-order valence-electron chi connectivity index (χ3n) is 12.0. The molecule has 1 heterocycles. The molecule has 0 saturated heterocycles. The highest BCUT2D eigenvalue weighted by Gasteiger charge is 2.20. The molecule has 3 heteroatoms. The number of methoxy groups -OCH3 is 1. The van der Waals surface area contributed by atoms with Crippen LogP contribution in [0.5, 0.6) is 5.75 Å². The standard InChI is InChI=1S/C62H52N2O/c1-43-23-27-50(28-24-43)59(51-29-25-44(2)26-30-51)42-52-33-39-62(58-21-13-12-20-56(52)58)64(61-40-36-54(65-5)41-45(61)3)53-34-31-49(32-35-53)57(60-22-14-15-46(4)63-60)38-37-55(47-16-8-6-9-17-47)48-18-10-7-11-19-48/h6-42H,1-5H3/b57-38-. The van der Waals surface area contributed by atoms with Gasteiger partial charge in [0.25, 0.3) is 0 Å². The highest BCUT2D eigenvalue weighted by Crippen LogP contribution is 2.43. The molecule has 9 rings (SSSR count). The van der Waals surface area contributed by atoms with Gasteiger partial charge in [-0.2, -0.15) is 0 Å². The fraction of sp³-hybridized carbons (Fsp3) is 0.0806. The minimum Gasteiger partial charge on any atom is -0.497 e.